The van der Waals surface area contributed by atoms with Gasteiger partial charge in [0, 0.05) is 42.2 Å². The van der Waals surface area contributed by atoms with Crippen molar-refractivity contribution in [3.8, 4) is 0 Å². The molecule has 0 atom stereocenters. The number of amides is 1. The van der Waals surface area contributed by atoms with Gasteiger partial charge >= 0.3 is 6.36 Å². The number of rotatable bonds is 6. The first-order chi connectivity index (χ1) is 16.2. The number of hydrogen-bond acceptors (Lipinski definition) is 3. The van der Waals surface area contributed by atoms with Gasteiger partial charge in [-0.05, 0) is 48.1 Å². The molecule has 11 heteroatoms. The Morgan fingerprint density at radius 3 is 2.54 bits per heavy atom. The summed E-state index contributed by atoms with van der Waals surface area (Å²) in [5.74, 6) is -0.486. The number of nitrogens with two attached hydrogens (primary N) is 1. The molecule has 35 heavy (non-hydrogen) atoms. The number of nitrogens with zero attached hydrogens (tertiary/aromatic N) is 2. The number of alkyl halides is 3. The first kappa shape index (κ1) is 27.4. The van der Waals surface area contributed by atoms with Gasteiger partial charge in [-0.15, -0.1) is 25.6 Å². The van der Waals surface area contributed by atoms with Crippen LogP contribution in [0.2, 0.25) is 0 Å². The Hall–Kier alpha value is -2.14. The van der Waals surface area contributed by atoms with Gasteiger partial charge in [0.2, 0.25) is 0 Å². The van der Waals surface area contributed by atoms with Crippen molar-refractivity contribution in [1.82, 2.24) is 9.47 Å². The Balaban J connectivity index is 0.00000342. The third-order valence-corrected chi connectivity index (χ3v) is 6.86. The summed E-state index contributed by atoms with van der Waals surface area (Å²) in [4.78, 5) is 15.1. The molecule has 0 bridgehead atoms. The number of likely N-dealkylation sites (tertiary alicyclic amines) is 1. The molecule has 2 aromatic carbocycles. The summed E-state index contributed by atoms with van der Waals surface area (Å²) in [5, 5.41) is 0.642. The molecular weight excluding hydrogens is 554 g/mol. The number of halogens is 6. The quantitative estimate of drug-likeness (QED) is 0.366. The number of carbonyl (C=O) groups is 1. The van der Waals surface area contributed by atoms with E-state index in [0.29, 0.717) is 59.0 Å². The largest absolute Gasteiger partial charge is 0.522 e. The molecule has 4 rings (SSSR count). The average molecular weight is 579 g/mol. The number of fused-ring (bicyclic) bond motifs is 1. The molecule has 2 heterocycles. The summed E-state index contributed by atoms with van der Waals surface area (Å²) in [7, 11) is 0. The third-order valence-electron chi connectivity index (χ3n) is 6.20. The van der Waals surface area contributed by atoms with Gasteiger partial charge in [0.15, 0.2) is 0 Å². The van der Waals surface area contributed by atoms with E-state index >= 15 is 0 Å². The molecule has 2 N–H and O–H groups in total. The van der Waals surface area contributed by atoms with E-state index in [1.807, 2.05) is 0 Å². The highest BCUT2D eigenvalue weighted by Gasteiger charge is 2.30. The van der Waals surface area contributed by atoms with Crippen LogP contribution in [0.15, 0.2) is 47.1 Å². The summed E-state index contributed by atoms with van der Waals surface area (Å²) < 4.78 is 57.8. The summed E-state index contributed by atoms with van der Waals surface area (Å²) in [5.41, 5.74) is 8.22. The number of benzene rings is 2. The monoisotopic (exact) mass is 577 g/mol. The van der Waals surface area contributed by atoms with Crippen molar-refractivity contribution in [2.45, 2.75) is 38.2 Å². The van der Waals surface area contributed by atoms with Crippen LogP contribution < -0.4 is 5.73 Å². The van der Waals surface area contributed by atoms with Gasteiger partial charge in [-0.25, -0.2) is 4.39 Å². The molecule has 1 aromatic heterocycles. The molecule has 5 nitrogen and oxygen atoms in total. The lowest BCUT2D eigenvalue weighted by Crippen LogP contribution is -2.38. The molecule has 0 aliphatic carbocycles. The Bertz CT molecular complexity index is 1190. The van der Waals surface area contributed by atoms with Gasteiger partial charge in [0.05, 0.1) is 17.7 Å². The minimum atomic E-state index is -4.71. The van der Waals surface area contributed by atoms with Gasteiger partial charge in [-0.3, -0.25) is 9.53 Å². The zero-order chi connectivity index (χ0) is 24.5. The highest BCUT2D eigenvalue weighted by molar-refractivity contribution is 9.10. The Morgan fingerprint density at radius 1 is 1.17 bits per heavy atom. The van der Waals surface area contributed by atoms with Crippen LogP contribution in [-0.2, 0) is 17.8 Å². The van der Waals surface area contributed by atoms with E-state index in [9.17, 15) is 22.4 Å². The zero-order valence-corrected chi connectivity index (χ0v) is 21.1. The highest BCUT2D eigenvalue weighted by Crippen LogP contribution is 2.34. The van der Waals surface area contributed by atoms with Crippen molar-refractivity contribution < 1.29 is 27.1 Å². The smallest absolute Gasteiger partial charge is 0.344 e. The van der Waals surface area contributed by atoms with E-state index in [-0.39, 0.29) is 36.6 Å². The second kappa shape index (κ2) is 11.3. The second-order valence-corrected chi connectivity index (χ2v) is 9.15. The lowest BCUT2D eigenvalue weighted by molar-refractivity contribution is -0.325. The summed E-state index contributed by atoms with van der Waals surface area (Å²) >= 11 is 3.47. The zero-order valence-electron chi connectivity index (χ0n) is 18.7. The van der Waals surface area contributed by atoms with E-state index < -0.39 is 13.0 Å². The molecule has 0 saturated carbocycles. The lowest BCUT2D eigenvalue weighted by Gasteiger charge is -2.32. The third kappa shape index (κ3) is 6.17. The van der Waals surface area contributed by atoms with E-state index in [4.69, 9.17) is 5.73 Å². The van der Waals surface area contributed by atoms with Gasteiger partial charge in [-0.1, -0.05) is 34.1 Å². The SMILES string of the molecule is Cl.NCc1ccc(F)c(C2CCN(C(=O)c3cn(CCOC(F)(F)F)c4cccc(Br)c34)CC2)c1. The summed E-state index contributed by atoms with van der Waals surface area (Å²) in [6.45, 7) is 0.608. The Morgan fingerprint density at radius 2 is 1.89 bits per heavy atom. The van der Waals surface area contributed by atoms with Crippen molar-refractivity contribution in [2.24, 2.45) is 5.73 Å². The van der Waals surface area contributed by atoms with E-state index in [1.165, 1.54) is 6.07 Å². The molecule has 190 valence electrons. The van der Waals surface area contributed by atoms with Crippen LogP contribution in [0, 0.1) is 5.82 Å². The molecule has 1 saturated heterocycles. The predicted octanol–water partition coefficient (Wildman–Crippen LogP) is 5.98. The number of ether oxygens (including phenoxy) is 1. The number of aromatic nitrogens is 1. The molecule has 1 aliphatic heterocycles. The van der Waals surface area contributed by atoms with E-state index in [2.05, 4.69) is 20.7 Å². The summed E-state index contributed by atoms with van der Waals surface area (Å²) in [6.07, 6.45) is -1.92. The minimum absolute atomic E-state index is 0. The van der Waals surface area contributed by atoms with Gasteiger partial charge in [0.25, 0.3) is 5.91 Å². The summed E-state index contributed by atoms with van der Waals surface area (Å²) in [6, 6.07) is 10.2. The fourth-order valence-corrected chi connectivity index (χ4v) is 5.08. The second-order valence-electron chi connectivity index (χ2n) is 8.29. The van der Waals surface area contributed by atoms with Crippen molar-refractivity contribution in [3.63, 3.8) is 0 Å². The lowest BCUT2D eigenvalue weighted by atomic mass is 9.88. The van der Waals surface area contributed by atoms with Crippen LogP contribution in [0.25, 0.3) is 10.9 Å². The maximum atomic E-state index is 14.4. The molecule has 0 spiro atoms. The first-order valence-corrected chi connectivity index (χ1v) is 11.7. The number of hydrogen-bond donors (Lipinski definition) is 1. The molecule has 0 radical (unpaired) electrons. The average Bonchev–Trinajstić information content (AvgIpc) is 3.18. The fraction of sp³-hybridized carbons (Fsp3) is 0.375. The number of carbonyl (C=O) groups excluding carboxylic acids is 1. The van der Waals surface area contributed by atoms with E-state index in [1.54, 1.807) is 46.0 Å². The standard InChI is InChI=1S/C24H24BrF4N3O2.ClH/c25-19-2-1-3-21-22(19)18(14-32(21)10-11-34-24(27,28)29)23(33)31-8-6-16(7-9-31)17-12-15(13-30)4-5-20(17)26;/h1-5,12,14,16H,6-11,13,30H2;1H. The van der Waals surface area contributed by atoms with Gasteiger partial charge < -0.3 is 15.2 Å². The van der Waals surface area contributed by atoms with E-state index in [0.717, 1.165) is 5.56 Å². The van der Waals surface area contributed by atoms with Gasteiger partial charge in [-0.2, -0.15) is 0 Å². The van der Waals surface area contributed by atoms with Crippen LogP contribution in [-0.4, -0.2) is 41.4 Å². The first-order valence-electron chi connectivity index (χ1n) is 10.9. The van der Waals surface area contributed by atoms with Crippen LogP contribution >= 0.6 is 28.3 Å². The van der Waals surface area contributed by atoms with Crippen molar-refractivity contribution in [2.75, 3.05) is 19.7 Å². The molecule has 1 aliphatic rings. The van der Waals surface area contributed by atoms with Crippen molar-refractivity contribution in [3.05, 3.63) is 69.6 Å². The predicted molar refractivity (Wildman–Crippen MR) is 131 cm³/mol. The van der Waals surface area contributed by atoms with Crippen molar-refractivity contribution >= 4 is 45.1 Å². The maximum Gasteiger partial charge on any atom is 0.522 e. The molecule has 0 unspecified atom stereocenters. The normalized spacial score (nSPS) is 14.9. The fourth-order valence-electron chi connectivity index (χ4n) is 4.51. The van der Waals surface area contributed by atoms with Crippen LogP contribution in [0.3, 0.4) is 0 Å². The Labute approximate surface area is 214 Å². The minimum Gasteiger partial charge on any atom is -0.344 e. The highest BCUT2D eigenvalue weighted by atomic mass is 79.9. The molecule has 3 aromatic rings. The molecule has 1 amide bonds. The topological polar surface area (TPSA) is 60.5 Å². The van der Waals surface area contributed by atoms with Crippen LogP contribution in [0.5, 0.6) is 0 Å². The molecular formula is C24H25BrClF4N3O2. The number of piperidine rings is 1. The van der Waals surface area contributed by atoms with Crippen molar-refractivity contribution in [1.29, 1.82) is 0 Å². The molecule has 1 fully saturated rings. The van der Waals surface area contributed by atoms with Crippen LogP contribution in [0.4, 0.5) is 17.6 Å². The Kier molecular flexibility index (Phi) is 8.85. The van der Waals surface area contributed by atoms with Gasteiger partial charge in [0.1, 0.15) is 5.82 Å². The maximum absolute atomic E-state index is 14.4. The van der Waals surface area contributed by atoms with Crippen LogP contribution in [0.1, 0.15) is 40.2 Å².